The topological polar surface area (TPSA) is 60.2 Å². The Hall–Kier alpha value is -2.11. The molecular weight excluding hydrogens is 256 g/mol. The molecule has 0 N–H and O–H groups in total. The number of imidazole rings is 1. The molecule has 6 nitrogen and oxygen atoms in total. The average molecular weight is 274 g/mol. The van der Waals surface area contributed by atoms with Crippen LogP contribution in [0.1, 0.15) is 19.8 Å². The van der Waals surface area contributed by atoms with Gasteiger partial charge in [-0.25, -0.2) is 14.8 Å². The van der Waals surface area contributed by atoms with Gasteiger partial charge in [-0.15, -0.1) is 0 Å². The van der Waals surface area contributed by atoms with Gasteiger partial charge in [0.1, 0.15) is 11.6 Å². The van der Waals surface area contributed by atoms with E-state index in [4.69, 9.17) is 4.74 Å². The number of aryl methyl sites for hydroxylation is 1. The molecule has 2 aromatic rings. The first kappa shape index (κ1) is 12.9. The van der Waals surface area contributed by atoms with Crippen molar-refractivity contribution in [1.82, 2.24) is 14.5 Å². The second-order valence-electron chi connectivity index (χ2n) is 4.96. The molecule has 0 radical (unpaired) electrons. The number of ether oxygens (including phenoxy) is 1. The van der Waals surface area contributed by atoms with Crippen molar-refractivity contribution in [1.29, 1.82) is 0 Å². The van der Waals surface area contributed by atoms with Gasteiger partial charge in [0, 0.05) is 19.8 Å². The van der Waals surface area contributed by atoms with Crippen molar-refractivity contribution in [3.05, 3.63) is 18.6 Å². The Morgan fingerprint density at radius 2 is 2.35 bits per heavy atom. The van der Waals surface area contributed by atoms with E-state index in [1.54, 1.807) is 12.5 Å². The second kappa shape index (κ2) is 5.11. The van der Waals surface area contributed by atoms with Crippen molar-refractivity contribution < 1.29 is 9.53 Å². The SMILES string of the molecule is CCOC(=O)C1CCCN1c1nccc2c1ncn2C. The summed E-state index contributed by atoms with van der Waals surface area (Å²) in [5, 5.41) is 0. The standard InChI is InChI=1S/C14H18N4O2/c1-3-20-14(19)11-5-4-8-18(11)13-12-10(6-7-15-13)17(2)9-16-12/h6-7,9,11H,3-5,8H2,1-2H3. The molecule has 1 fully saturated rings. The number of nitrogens with zero attached hydrogens (tertiary/aromatic N) is 4. The summed E-state index contributed by atoms with van der Waals surface area (Å²) >= 11 is 0. The van der Waals surface area contributed by atoms with Gasteiger partial charge in [-0.1, -0.05) is 0 Å². The van der Waals surface area contributed by atoms with E-state index in [2.05, 4.69) is 9.97 Å². The Morgan fingerprint density at radius 3 is 3.15 bits per heavy atom. The zero-order chi connectivity index (χ0) is 14.1. The number of hydrogen-bond donors (Lipinski definition) is 0. The van der Waals surface area contributed by atoms with Gasteiger partial charge >= 0.3 is 5.97 Å². The molecule has 6 heteroatoms. The number of fused-ring (bicyclic) bond motifs is 1. The molecule has 1 aliphatic rings. The van der Waals surface area contributed by atoms with E-state index in [0.717, 1.165) is 36.2 Å². The van der Waals surface area contributed by atoms with Crippen LogP contribution in [0.2, 0.25) is 0 Å². The van der Waals surface area contributed by atoms with Crippen molar-refractivity contribution in [2.45, 2.75) is 25.8 Å². The first-order chi connectivity index (χ1) is 9.72. The minimum atomic E-state index is -0.241. The van der Waals surface area contributed by atoms with E-state index >= 15 is 0 Å². The molecule has 1 atom stereocenters. The summed E-state index contributed by atoms with van der Waals surface area (Å²) in [7, 11) is 1.95. The van der Waals surface area contributed by atoms with Crippen molar-refractivity contribution in [3.8, 4) is 0 Å². The first-order valence-electron chi connectivity index (χ1n) is 6.91. The fraction of sp³-hybridized carbons (Fsp3) is 0.500. The monoisotopic (exact) mass is 274 g/mol. The molecule has 0 spiro atoms. The molecule has 1 unspecified atom stereocenters. The van der Waals surface area contributed by atoms with Gasteiger partial charge in [0.15, 0.2) is 5.82 Å². The fourth-order valence-corrected chi connectivity index (χ4v) is 2.76. The van der Waals surface area contributed by atoms with Crippen LogP contribution < -0.4 is 4.90 Å². The molecule has 3 rings (SSSR count). The number of carbonyl (C=O) groups excluding carboxylic acids is 1. The predicted octanol–water partition coefficient (Wildman–Crippen LogP) is 1.50. The van der Waals surface area contributed by atoms with Crippen molar-refractivity contribution in [2.75, 3.05) is 18.1 Å². The van der Waals surface area contributed by atoms with Crippen molar-refractivity contribution in [3.63, 3.8) is 0 Å². The highest BCUT2D eigenvalue weighted by atomic mass is 16.5. The molecule has 0 saturated carbocycles. The fourth-order valence-electron chi connectivity index (χ4n) is 2.76. The van der Waals surface area contributed by atoms with Gasteiger partial charge in [0.25, 0.3) is 0 Å². The van der Waals surface area contributed by atoms with Crippen LogP contribution in [0.4, 0.5) is 5.82 Å². The van der Waals surface area contributed by atoms with Gasteiger partial charge in [-0.2, -0.15) is 0 Å². The molecule has 0 aliphatic carbocycles. The zero-order valence-electron chi connectivity index (χ0n) is 11.7. The van der Waals surface area contributed by atoms with Crippen LogP contribution in [0.5, 0.6) is 0 Å². The molecular formula is C14H18N4O2. The Balaban J connectivity index is 1.99. The molecule has 0 aromatic carbocycles. The lowest BCUT2D eigenvalue weighted by Gasteiger charge is -2.24. The maximum atomic E-state index is 12.1. The summed E-state index contributed by atoms with van der Waals surface area (Å²) in [5.74, 6) is 0.610. The van der Waals surface area contributed by atoms with Gasteiger partial charge in [-0.05, 0) is 25.8 Å². The Bertz CT molecular complexity index is 637. The van der Waals surface area contributed by atoms with Crippen molar-refractivity contribution in [2.24, 2.45) is 7.05 Å². The minimum absolute atomic E-state index is 0.167. The third kappa shape index (κ3) is 2.01. The summed E-state index contributed by atoms with van der Waals surface area (Å²) in [4.78, 5) is 22.9. The van der Waals surface area contributed by atoms with Crippen LogP contribution in [-0.4, -0.2) is 39.7 Å². The zero-order valence-corrected chi connectivity index (χ0v) is 11.7. The van der Waals surface area contributed by atoms with E-state index < -0.39 is 0 Å². The van der Waals surface area contributed by atoms with Crippen LogP contribution >= 0.6 is 0 Å². The maximum Gasteiger partial charge on any atom is 0.328 e. The van der Waals surface area contributed by atoms with Gasteiger partial charge in [-0.3, -0.25) is 0 Å². The smallest absolute Gasteiger partial charge is 0.328 e. The normalized spacial score (nSPS) is 18.7. The molecule has 2 aromatic heterocycles. The van der Waals surface area contributed by atoms with E-state index in [1.165, 1.54) is 0 Å². The molecule has 1 aliphatic heterocycles. The molecule has 1 saturated heterocycles. The molecule has 0 amide bonds. The predicted molar refractivity (Wildman–Crippen MR) is 75.5 cm³/mol. The van der Waals surface area contributed by atoms with E-state index in [-0.39, 0.29) is 12.0 Å². The summed E-state index contributed by atoms with van der Waals surface area (Å²) < 4.78 is 7.12. The Morgan fingerprint density at radius 1 is 1.50 bits per heavy atom. The number of anilines is 1. The van der Waals surface area contributed by atoms with E-state index in [9.17, 15) is 4.79 Å². The Kier molecular flexibility index (Phi) is 3.30. The van der Waals surface area contributed by atoms with Crippen LogP contribution in [0.3, 0.4) is 0 Å². The van der Waals surface area contributed by atoms with Crippen molar-refractivity contribution >= 4 is 22.8 Å². The molecule has 3 heterocycles. The largest absolute Gasteiger partial charge is 0.464 e. The Labute approximate surface area is 117 Å². The molecule has 0 bridgehead atoms. The highest BCUT2D eigenvalue weighted by Crippen LogP contribution is 2.29. The van der Waals surface area contributed by atoms with Crippen LogP contribution in [-0.2, 0) is 16.6 Å². The number of hydrogen-bond acceptors (Lipinski definition) is 5. The van der Waals surface area contributed by atoms with E-state index in [0.29, 0.717) is 6.61 Å². The first-order valence-corrected chi connectivity index (χ1v) is 6.91. The number of pyridine rings is 1. The number of carbonyl (C=O) groups is 1. The van der Waals surface area contributed by atoms with E-state index in [1.807, 2.05) is 29.5 Å². The molecule has 106 valence electrons. The summed E-state index contributed by atoms with van der Waals surface area (Å²) in [5.41, 5.74) is 1.86. The van der Waals surface area contributed by atoms with Crippen LogP contribution in [0.25, 0.3) is 11.0 Å². The lowest BCUT2D eigenvalue weighted by Crippen LogP contribution is -2.38. The third-order valence-electron chi connectivity index (χ3n) is 3.71. The summed E-state index contributed by atoms with van der Waals surface area (Å²) in [6.45, 7) is 3.05. The van der Waals surface area contributed by atoms with Crippen LogP contribution in [0.15, 0.2) is 18.6 Å². The third-order valence-corrected chi connectivity index (χ3v) is 3.71. The second-order valence-corrected chi connectivity index (χ2v) is 4.96. The quantitative estimate of drug-likeness (QED) is 0.794. The summed E-state index contributed by atoms with van der Waals surface area (Å²) in [6.07, 6.45) is 5.31. The van der Waals surface area contributed by atoms with Gasteiger partial charge in [0.05, 0.1) is 18.5 Å². The number of aromatic nitrogens is 3. The highest BCUT2D eigenvalue weighted by molar-refractivity contribution is 5.89. The number of esters is 1. The number of rotatable bonds is 3. The highest BCUT2D eigenvalue weighted by Gasteiger charge is 2.34. The van der Waals surface area contributed by atoms with Crippen LogP contribution in [0, 0.1) is 0 Å². The molecule has 20 heavy (non-hydrogen) atoms. The lowest BCUT2D eigenvalue weighted by molar-refractivity contribution is -0.144. The van der Waals surface area contributed by atoms with Gasteiger partial charge in [0.2, 0.25) is 0 Å². The maximum absolute atomic E-state index is 12.1. The summed E-state index contributed by atoms with van der Waals surface area (Å²) in [6, 6.07) is 1.69. The minimum Gasteiger partial charge on any atom is -0.464 e. The average Bonchev–Trinajstić information content (AvgIpc) is 3.06. The lowest BCUT2D eigenvalue weighted by atomic mass is 10.2. The van der Waals surface area contributed by atoms with Gasteiger partial charge < -0.3 is 14.2 Å².